The zero-order chi connectivity index (χ0) is 28.2. The van der Waals surface area contributed by atoms with Crippen LogP contribution in [0.1, 0.15) is 61.9 Å². The van der Waals surface area contributed by atoms with E-state index in [1.807, 2.05) is 19.1 Å². The molecule has 1 aromatic heterocycles. The van der Waals surface area contributed by atoms with Crippen LogP contribution in [0.15, 0.2) is 71.8 Å². The predicted molar refractivity (Wildman–Crippen MR) is 166 cm³/mol. The Hall–Kier alpha value is -2.56. The molecule has 0 radical (unpaired) electrons. The molecule has 5 rings (SSSR count). The highest BCUT2D eigenvalue weighted by Gasteiger charge is 2.23. The van der Waals surface area contributed by atoms with Gasteiger partial charge >= 0.3 is 0 Å². The van der Waals surface area contributed by atoms with Crippen LogP contribution < -0.4 is 15.0 Å². The van der Waals surface area contributed by atoms with E-state index in [2.05, 4.69) is 52.9 Å². The molecule has 6 nitrogen and oxygen atoms in total. The minimum Gasteiger partial charge on any atom is -0.490 e. The van der Waals surface area contributed by atoms with Crippen molar-refractivity contribution in [1.82, 2.24) is 9.66 Å². The largest absolute Gasteiger partial charge is 0.490 e. The lowest BCUT2D eigenvalue weighted by atomic mass is 9.88. The molecule has 0 spiro atoms. The van der Waals surface area contributed by atoms with Crippen LogP contribution in [0.5, 0.6) is 11.5 Å². The molecule has 4 aromatic rings. The van der Waals surface area contributed by atoms with Gasteiger partial charge in [0.1, 0.15) is 18.2 Å². The molecule has 1 fully saturated rings. The summed E-state index contributed by atoms with van der Waals surface area (Å²) in [6.45, 7) is 2.46. The van der Waals surface area contributed by atoms with Crippen molar-refractivity contribution in [3.05, 3.63) is 95.1 Å². The fraction of sp³-hybridized carbons (Fsp3) is 0.300. The van der Waals surface area contributed by atoms with Gasteiger partial charge in [-0.1, -0.05) is 47.3 Å². The van der Waals surface area contributed by atoms with Gasteiger partial charge in [0, 0.05) is 20.4 Å². The van der Waals surface area contributed by atoms with Crippen LogP contribution >= 0.6 is 47.8 Å². The first-order chi connectivity index (χ1) is 19.4. The first kappa shape index (κ1) is 29.0. The van der Waals surface area contributed by atoms with Crippen molar-refractivity contribution in [2.45, 2.75) is 51.6 Å². The molecule has 0 saturated heterocycles. The molecule has 0 unspecified atom stereocenters. The van der Waals surface area contributed by atoms with Gasteiger partial charge in [-0.15, -0.1) is 0 Å². The SMILES string of the molecule is CCOc1cc(C=Nn2c(C3CCCCC3)nc3ccc(Br)cc3c2=O)c(Br)c(Br)c1OCc1cccc(F)c1. The molecule has 0 amide bonds. The van der Waals surface area contributed by atoms with Gasteiger partial charge in [0.15, 0.2) is 11.5 Å². The van der Waals surface area contributed by atoms with Crippen molar-refractivity contribution in [2.75, 3.05) is 6.61 Å². The van der Waals surface area contributed by atoms with Gasteiger partial charge in [-0.05, 0) is 93.6 Å². The van der Waals surface area contributed by atoms with Gasteiger partial charge < -0.3 is 9.47 Å². The Labute approximate surface area is 257 Å². The third-order valence-corrected chi connectivity index (χ3v) is 9.48. The Morgan fingerprint density at radius 3 is 2.60 bits per heavy atom. The molecule has 1 heterocycles. The van der Waals surface area contributed by atoms with E-state index in [9.17, 15) is 9.18 Å². The molecular weight excluding hydrogens is 709 g/mol. The Morgan fingerprint density at radius 2 is 1.85 bits per heavy atom. The van der Waals surface area contributed by atoms with Gasteiger partial charge in [-0.3, -0.25) is 4.79 Å². The Bertz CT molecular complexity index is 1630. The number of hydrogen-bond acceptors (Lipinski definition) is 5. The normalized spacial score (nSPS) is 14.2. The summed E-state index contributed by atoms with van der Waals surface area (Å²) in [5, 5.41) is 5.18. The molecule has 3 aromatic carbocycles. The van der Waals surface area contributed by atoms with Crippen LogP contribution in [0, 0.1) is 5.82 Å². The summed E-state index contributed by atoms with van der Waals surface area (Å²) in [4.78, 5) is 18.6. The summed E-state index contributed by atoms with van der Waals surface area (Å²) in [6, 6.07) is 13.6. The molecule has 1 saturated carbocycles. The van der Waals surface area contributed by atoms with Gasteiger partial charge in [-0.2, -0.15) is 9.78 Å². The summed E-state index contributed by atoms with van der Waals surface area (Å²) in [5.74, 6) is 1.50. The van der Waals surface area contributed by atoms with Crippen LogP contribution in [-0.4, -0.2) is 22.5 Å². The van der Waals surface area contributed by atoms with Crippen LogP contribution in [-0.2, 0) is 6.61 Å². The summed E-state index contributed by atoms with van der Waals surface area (Å²) in [6.07, 6.45) is 6.99. The zero-order valence-electron chi connectivity index (χ0n) is 21.8. The van der Waals surface area contributed by atoms with E-state index in [0.717, 1.165) is 30.2 Å². The fourth-order valence-corrected chi connectivity index (χ4v) is 6.20. The second kappa shape index (κ2) is 13.0. The minimum absolute atomic E-state index is 0.161. The third kappa shape index (κ3) is 6.34. The van der Waals surface area contributed by atoms with Gasteiger partial charge in [0.25, 0.3) is 5.56 Å². The molecule has 0 N–H and O–H groups in total. The lowest BCUT2D eigenvalue weighted by Gasteiger charge is -2.23. The molecular formula is C30H27Br3FN3O3. The molecule has 208 valence electrons. The molecule has 0 bridgehead atoms. The number of halogens is 4. The predicted octanol–water partition coefficient (Wildman–Crippen LogP) is 8.73. The summed E-state index contributed by atoms with van der Waals surface area (Å²) >= 11 is 10.7. The van der Waals surface area contributed by atoms with Gasteiger partial charge in [0.2, 0.25) is 0 Å². The van der Waals surface area contributed by atoms with E-state index >= 15 is 0 Å². The van der Waals surface area contributed by atoms with Crippen molar-refractivity contribution in [3.63, 3.8) is 0 Å². The third-order valence-electron chi connectivity index (χ3n) is 6.84. The smallest absolute Gasteiger partial charge is 0.282 e. The Kier molecular flexibility index (Phi) is 9.38. The standard InChI is InChI=1S/C30H27Br3FN3O3/c1-2-39-25-14-20(26(32)27(33)28(25)40-17-18-7-6-10-22(34)13-18)16-35-37-29(19-8-4-3-5-9-19)36-24-12-11-21(31)15-23(24)30(37)38/h6-7,10-16,19H,2-5,8-9,17H2,1H3. The number of ether oxygens (including phenoxy) is 2. The molecule has 1 aliphatic carbocycles. The first-order valence-electron chi connectivity index (χ1n) is 13.1. The Balaban J connectivity index is 1.55. The van der Waals surface area contributed by atoms with E-state index in [-0.39, 0.29) is 23.9 Å². The molecule has 10 heteroatoms. The maximum atomic E-state index is 13.7. The Morgan fingerprint density at radius 1 is 1.05 bits per heavy atom. The highest BCUT2D eigenvalue weighted by Crippen LogP contribution is 2.43. The summed E-state index contributed by atoms with van der Waals surface area (Å²) in [7, 11) is 0. The van der Waals surface area contributed by atoms with E-state index in [4.69, 9.17) is 14.5 Å². The number of hydrogen-bond donors (Lipinski definition) is 0. The first-order valence-corrected chi connectivity index (χ1v) is 15.5. The van der Waals surface area contributed by atoms with Crippen molar-refractivity contribution < 1.29 is 13.9 Å². The lowest BCUT2D eigenvalue weighted by molar-refractivity contribution is 0.267. The topological polar surface area (TPSA) is 65.7 Å². The molecule has 0 aliphatic heterocycles. The quantitative estimate of drug-likeness (QED) is 0.170. The average molecular weight is 736 g/mol. The maximum absolute atomic E-state index is 13.7. The number of fused-ring (bicyclic) bond motifs is 1. The van der Waals surface area contributed by atoms with E-state index in [1.165, 1.54) is 23.2 Å². The summed E-state index contributed by atoms with van der Waals surface area (Å²) in [5.41, 5.74) is 1.84. The number of aromatic nitrogens is 2. The highest BCUT2D eigenvalue weighted by atomic mass is 79.9. The number of benzene rings is 3. The van der Waals surface area contributed by atoms with Crippen LogP contribution in [0.3, 0.4) is 0 Å². The van der Waals surface area contributed by atoms with Crippen molar-refractivity contribution in [3.8, 4) is 11.5 Å². The van der Waals surface area contributed by atoms with E-state index in [0.29, 0.717) is 54.9 Å². The minimum atomic E-state index is -0.323. The highest BCUT2D eigenvalue weighted by molar-refractivity contribution is 9.13. The molecule has 40 heavy (non-hydrogen) atoms. The van der Waals surface area contributed by atoms with Crippen LogP contribution in [0.2, 0.25) is 0 Å². The van der Waals surface area contributed by atoms with Gasteiger partial charge in [-0.25, -0.2) is 9.37 Å². The van der Waals surface area contributed by atoms with E-state index in [1.54, 1.807) is 30.5 Å². The monoisotopic (exact) mass is 733 g/mol. The average Bonchev–Trinajstić information content (AvgIpc) is 2.95. The second-order valence-electron chi connectivity index (χ2n) is 9.60. The molecule has 1 aliphatic rings. The van der Waals surface area contributed by atoms with Crippen LogP contribution in [0.25, 0.3) is 10.9 Å². The zero-order valence-corrected chi connectivity index (χ0v) is 26.6. The summed E-state index contributed by atoms with van der Waals surface area (Å²) < 4.78 is 29.2. The van der Waals surface area contributed by atoms with Crippen LogP contribution in [0.4, 0.5) is 4.39 Å². The molecule has 0 atom stereocenters. The van der Waals surface area contributed by atoms with Crippen molar-refractivity contribution in [2.24, 2.45) is 5.10 Å². The van der Waals surface area contributed by atoms with Crippen molar-refractivity contribution >= 4 is 64.9 Å². The fourth-order valence-electron chi connectivity index (χ4n) is 4.90. The number of nitrogens with zero attached hydrogens (tertiary/aromatic N) is 3. The maximum Gasteiger partial charge on any atom is 0.282 e. The van der Waals surface area contributed by atoms with E-state index < -0.39 is 0 Å². The van der Waals surface area contributed by atoms with Crippen molar-refractivity contribution in [1.29, 1.82) is 0 Å². The number of rotatable bonds is 8. The van der Waals surface area contributed by atoms with Gasteiger partial charge in [0.05, 0.1) is 28.2 Å². The lowest BCUT2D eigenvalue weighted by Crippen LogP contribution is -2.25. The second-order valence-corrected chi connectivity index (χ2v) is 12.1.